The number of H-pyrrole nitrogens is 1. The standard InChI is InChI=1S/C24H29N5O5/c1-13-12-34-23(33)28(13)16-7-5-6-15-20(16)21-25-19(30)11-17(29(21)26-15)14-8-9-27(22(31)32)18(10-14)24(2,3)4/h5-7,11,13-14,18H,8-10,12H2,1-4H3,(H,25,30)(H,31,32)/t13-,14?,18?/m1/s1. The van der Waals surface area contributed by atoms with Gasteiger partial charge in [0.1, 0.15) is 12.3 Å². The van der Waals surface area contributed by atoms with Gasteiger partial charge in [0, 0.05) is 24.6 Å². The molecule has 2 unspecified atom stereocenters. The van der Waals surface area contributed by atoms with Gasteiger partial charge in [0.15, 0.2) is 0 Å². The number of nitrogens with zero attached hydrogens (tertiary/aromatic N) is 4. The van der Waals surface area contributed by atoms with Crippen molar-refractivity contribution in [1.29, 1.82) is 0 Å². The number of carboxylic acid groups (broad SMARTS) is 1. The van der Waals surface area contributed by atoms with Crippen molar-refractivity contribution >= 4 is 34.4 Å². The minimum Gasteiger partial charge on any atom is -0.465 e. The predicted molar refractivity (Wildman–Crippen MR) is 127 cm³/mol. The maximum Gasteiger partial charge on any atom is 0.414 e. The molecule has 2 N–H and O–H groups in total. The zero-order valence-electron chi connectivity index (χ0n) is 19.7. The highest BCUT2D eigenvalue weighted by atomic mass is 16.6. The quantitative estimate of drug-likeness (QED) is 0.592. The van der Waals surface area contributed by atoms with Crippen molar-refractivity contribution in [3.63, 3.8) is 0 Å². The average molecular weight is 468 g/mol. The molecule has 5 rings (SSSR count). The van der Waals surface area contributed by atoms with E-state index in [1.54, 1.807) is 15.5 Å². The van der Waals surface area contributed by atoms with E-state index in [9.17, 15) is 19.5 Å². The summed E-state index contributed by atoms with van der Waals surface area (Å²) in [6.07, 6.45) is -0.162. The number of carbonyl (C=O) groups is 2. The van der Waals surface area contributed by atoms with Crippen LogP contribution >= 0.6 is 0 Å². The van der Waals surface area contributed by atoms with E-state index in [4.69, 9.17) is 9.84 Å². The van der Waals surface area contributed by atoms with Crippen molar-refractivity contribution < 1.29 is 19.4 Å². The Bertz CT molecular complexity index is 1350. The van der Waals surface area contributed by atoms with Crippen molar-refractivity contribution in [2.24, 2.45) is 5.41 Å². The molecule has 10 heteroatoms. The summed E-state index contributed by atoms with van der Waals surface area (Å²) < 4.78 is 6.97. The van der Waals surface area contributed by atoms with Gasteiger partial charge < -0.3 is 19.7 Å². The smallest absolute Gasteiger partial charge is 0.414 e. The summed E-state index contributed by atoms with van der Waals surface area (Å²) in [7, 11) is 0. The van der Waals surface area contributed by atoms with E-state index >= 15 is 0 Å². The molecule has 2 amide bonds. The molecule has 3 atom stereocenters. The van der Waals surface area contributed by atoms with Crippen LogP contribution in [0.2, 0.25) is 0 Å². The summed E-state index contributed by atoms with van der Waals surface area (Å²) in [5.74, 6) is -0.0435. The lowest BCUT2D eigenvalue weighted by Gasteiger charge is -2.44. The molecule has 0 bridgehead atoms. The number of ether oxygens (including phenoxy) is 1. The number of anilines is 1. The number of aromatic nitrogens is 3. The predicted octanol–water partition coefficient (Wildman–Crippen LogP) is 3.79. The Kier molecular flexibility index (Phi) is 5.07. The van der Waals surface area contributed by atoms with Gasteiger partial charge >= 0.3 is 12.2 Å². The molecule has 0 saturated carbocycles. The molecule has 1 aromatic carbocycles. The first-order chi connectivity index (χ1) is 16.1. The number of hydrogen-bond acceptors (Lipinski definition) is 5. The van der Waals surface area contributed by atoms with E-state index in [-0.39, 0.29) is 29.0 Å². The summed E-state index contributed by atoms with van der Waals surface area (Å²) in [5, 5.41) is 15.2. The van der Waals surface area contributed by atoms with Crippen molar-refractivity contribution in [2.45, 2.75) is 58.5 Å². The number of fused-ring (bicyclic) bond motifs is 3. The molecule has 180 valence electrons. The van der Waals surface area contributed by atoms with Gasteiger partial charge in [0.2, 0.25) is 0 Å². The summed E-state index contributed by atoms with van der Waals surface area (Å²) >= 11 is 0. The SMILES string of the molecule is C[C@@H]1COC(=O)N1c1cccc2nn3c(C4CCN(C(=O)O)C(C(C)(C)C)C4)cc(=O)[nH]c3c12. The summed E-state index contributed by atoms with van der Waals surface area (Å²) in [5.41, 5.74) is 2.05. The van der Waals surface area contributed by atoms with Crippen LogP contribution in [-0.2, 0) is 4.74 Å². The number of hydrogen-bond donors (Lipinski definition) is 2. The number of likely N-dealkylation sites (tertiary alicyclic amines) is 1. The Morgan fingerprint density at radius 2 is 2.03 bits per heavy atom. The van der Waals surface area contributed by atoms with Crippen molar-refractivity contribution in [3.8, 4) is 0 Å². The summed E-state index contributed by atoms with van der Waals surface area (Å²) in [4.78, 5) is 43.1. The molecule has 2 saturated heterocycles. The number of aromatic amines is 1. The summed E-state index contributed by atoms with van der Waals surface area (Å²) in [6.45, 7) is 8.70. The van der Waals surface area contributed by atoms with Crippen LogP contribution in [0.4, 0.5) is 15.3 Å². The molecule has 34 heavy (non-hydrogen) atoms. The van der Waals surface area contributed by atoms with E-state index in [0.717, 1.165) is 5.69 Å². The highest BCUT2D eigenvalue weighted by Crippen LogP contribution is 2.40. The first kappa shape index (κ1) is 22.2. The largest absolute Gasteiger partial charge is 0.465 e. The molecule has 0 radical (unpaired) electrons. The Morgan fingerprint density at radius 1 is 1.26 bits per heavy atom. The average Bonchev–Trinajstić information content (AvgIpc) is 3.31. The van der Waals surface area contributed by atoms with Gasteiger partial charge in [-0.05, 0) is 37.3 Å². The number of amides is 2. The Hall–Kier alpha value is -3.56. The molecule has 3 aromatic rings. The molecule has 0 spiro atoms. The Morgan fingerprint density at radius 3 is 2.68 bits per heavy atom. The van der Waals surface area contributed by atoms with Crippen LogP contribution < -0.4 is 10.5 Å². The first-order valence-electron chi connectivity index (χ1n) is 11.6. The second-order valence-electron chi connectivity index (χ2n) is 10.4. The lowest BCUT2D eigenvalue weighted by Crippen LogP contribution is -2.51. The van der Waals surface area contributed by atoms with Crippen LogP contribution in [0.25, 0.3) is 16.6 Å². The molecule has 2 aliphatic heterocycles. The fourth-order valence-electron chi connectivity index (χ4n) is 5.40. The zero-order valence-corrected chi connectivity index (χ0v) is 19.7. The maximum atomic E-state index is 12.8. The lowest BCUT2D eigenvalue weighted by molar-refractivity contribution is 0.0518. The van der Waals surface area contributed by atoms with E-state index < -0.39 is 12.2 Å². The molecular weight excluding hydrogens is 438 g/mol. The Labute approximate surface area is 196 Å². The normalized spacial score (nSPS) is 23.6. The number of carbonyl (C=O) groups excluding carboxylic acids is 1. The third-order valence-corrected chi connectivity index (χ3v) is 7.05. The molecule has 2 fully saturated rings. The number of benzene rings is 1. The molecule has 2 aliphatic rings. The molecule has 4 heterocycles. The van der Waals surface area contributed by atoms with E-state index in [0.29, 0.717) is 48.2 Å². The van der Waals surface area contributed by atoms with Gasteiger partial charge in [-0.1, -0.05) is 26.8 Å². The van der Waals surface area contributed by atoms with Gasteiger partial charge in [-0.15, -0.1) is 0 Å². The van der Waals surface area contributed by atoms with E-state index in [1.807, 2.05) is 45.9 Å². The molecule has 0 aliphatic carbocycles. The zero-order chi connectivity index (χ0) is 24.4. The number of rotatable bonds is 2. The monoisotopic (exact) mass is 467 g/mol. The number of piperidine rings is 1. The van der Waals surface area contributed by atoms with Gasteiger partial charge in [0.25, 0.3) is 5.56 Å². The maximum absolute atomic E-state index is 12.8. The van der Waals surface area contributed by atoms with Crippen molar-refractivity contribution in [2.75, 3.05) is 18.1 Å². The highest BCUT2D eigenvalue weighted by molar-refractivity contribution is 6.07. The van der Waals surface area contributed by atoms with Crippen LogP contribution in [-0.4, -0.2) is 62.0 Å². The fourth-order valence-corrected chi connectivity index (χ4v) is 5.40. The second-order valence-corrected chi connectivity index (χ2v) is 10.4. The van der Waals surface area contributed by atoms with Crippen LogP contribution in [0.1, 0.15) is 52.1 Å². The van der Waals surface area contributed by atoms with Gasteiger partial charge in [-0.3, -0.25) is 9.69 Å². The second kappa shape index (κ2) is 7.75. The van der Waals surface area contributed by atoms with Crippen molar-refractivity contribution in [1.82, 2.24) is 19.5 Å². The van der Waals surface area contributed by atoms with Crippen molar-refractivity contribution in [3.05, 3.63) is 40.3 Å². The molecule has 2 aromatic heterocycles. The highest BCUT2D eigenvalue weighted by Gasteiger charge is 2.40. The first-order valence-corrected chi connectivity index (χ1v) is 11.6. The molecular formula is C24H29N5O5. The van der Waals surface area contributed by atoms with Gasteiger partial charge in [-0.2, -0.15) is 5.10 Å². The fraction of sp³-hybridized carbons (Fsp3) is 0.500. The van der Waals surface area contributed by atoms with E-state index in [1.165, 1.54) is 4.90 Å². The van der Waals surface area contributed by atoms with Crippen LogP contribution in [0.5, 0.6) is 0 Å². The van der Waals surface area contributed by atoms with Gasteiger partial charge in [-0.25, -0.2) is 14.1 Å². The topological polar surface area (TPSA) is 120 Å². The van der Waals surface area contributed by atoms with Gasteiger partial charge in [0.05, 0.1) is 28.3 Å². The Balaban J connectivity index is 1.66. The van der Waals surface area contributed by atoms with Crippen LogP contribution in [0.3, 0.4) is 0 Å². The third-order valence-electron chi connectivity index (χ3n) is 7.05. The van der Waals surface area contributed by atoms with Crippen LogP contribution in [0.15, 0.2) is 29.1 Å². The third kappa shape index (κ3) is 3.48. The lowest BCUT2D eigenvalue weighted by atomic mass is 9.76. The summed E-state index contributed by atoms with van der Waals surface area (Å²) in [6, 6.07) is 6.74. The minimum atomic E-state index is -0.921. The molecule has 10 nitrogen and oxygen atoms in total. The van der Waals surface area contributed by atoms with Crippen LogP contribution in [0, 0.1) is 5.41 Å². The number of nitrogens with one attached hydrogen (secondary N) is 1. The van der Waals surface area contributed by atoms with E-state index in [2.05, 4.69) is 4.98 Å². The number of cyclic esters (lactones) is 1. The minimum absolute atomic E-state index is 0.0435.